The van der Waals surface area contributed by atoms with Crippen LogP contribution in [0.2, 0.25) is 5.02 Å². The number of nitrogens with zero attached hydrogens (tertiary/aromatic N) is 1. The number of aromatic nitrogens is 1. The van der Waals surface area contributed by atoms with Gasteiger partial charge in [-0.15, -0.1) is 0 Å². The first-order valence-electron chi connectivity index (χ1n) is 4.28. The van der Waals surface area contributed by atoms with E-state index in [2.05, 4.69) is 10.3 Å². The van der Waals surface area contributed by atoms with E-state index in [1.165, 1.54) is 0 Å². The number of hydrogen-bond donors (Lipinski definition) is 1. The molecule has 2 nitrogen and oxygen atoms in total. The lowest BCUT2D eigenvalue weighted by Crippen LogP contribution is -1.90. The predicted octanol–water partition coefficient (Wildman–Crippen LogP) is 3.48. The van der Waals surface area contributed by atoms with Crippen molar-refractivity contribution in [2.24, 2.45) is 0 Å². The highest BCUT2D eigenvalue weighted by molar-refractivity contribution is 6.33. The molecule has 0 aliphatic heterocycles. The van der Waals surface area contributed by atoms with E-state index < -0.39 is 0 Å². The molecule has 0 fully saturated rings. The van der Waals surface area contributed by atoms with E-state index in [1.54, 1.807) is 12.4 Å². The van der Waals surface area contributed by atoms with Crippen molar-refractivity contribution in [1.82, 2.24) is 4.98 Å². The van der Waals surface area contributed by atoms with Gasteiger partial charge in [-0.1, -0.05) is 23.7 Å². The normalized spacial score (nSPS) is 9.79. The molecule has 2 rings (SSSR count). The van der Waals surface area contributed by atoms with E-state index in [4.69, 9.17) is 11.6 Å². The number of halogens is 1. The number of hydrogen-bond acceptors (Lipinski definition) is 2. The van der Waals surface area contributed by atoms with Crippen LogP contribution in [0.1, 0.15) is 0 Å². The maximum atomic E-state index is 6.00. The van der Waals surface area contributed by atoms with E-state index in [9.17, 15) is 0 Å². The second-order valence-electron chi connectivity index (χ2n) is 2.84. The average Bonchev–Trinajstić information content (AvgIpc) is 2.23. The molecule has 14 heavy (non-hydrogen) atoms. The molecular weight excluding hydrogens is 196 g/mol. The summed E-state index contributed by atoms with van der Waals surface area (Å²) in [5.74, 6) is 0. The Hall–Kier alpha value is -1.54. The van der Waals surface area contributed by atoms with Crippen LogP contribution >= 0.6 is 11.6 Å². The fourth-order valence-corrected chi connectivity index (χ4v) is 1.34. The molecule has 0 saturated carbocycles. The third kappa shape index (κ3) is 2.03. The zero-order chi connectivity index (χ0) is 9.80. The summed E-state index contributed by atoms with van der Waals surface area (Å²) in [5.41, 5.74) is 1.88. The second kappa shape index (κ2) is 4.11. The minimum Gasteiger partial charge on any atom is -0.354 e. The lowest BCUT2D eigenvalue weighted by Gasteiger charge is -2.06. The predicted molar refractivity (Wildman–Crippen MR) is 59.0 cm³/mol. The SMILES string of the molecule is Clc1ccccc1Nc1ccncc1. The molecule has 0 radical (unpaired) electrons. The van der Waals surface area contributed by atoms with Gasteiger partial charge >= 0.3 is 0 Å². The van der Waals surface area contributed by atoms with E-state index in [0.29, 0.717) is 5.02 Å². The van der Waals surface area contributed by atoms with Crippen molar-refractivity contribution in [2.45, 2.75) is 0 Å². The van der Waals surface area contributed by atoms with Crippen molar-refractivity contribution in [2.75, 3.05) is 5.32 Å². The summed E-state index contributed by atoms with van der Waals surface area (Å²) in [6.45, 7) is 0. The first kappa shape index (κ1) is 9.03. The minimum atomic E-state index is 0.712. The molecule has 0 unspecified atom stereocenters. The van der Waals surface area contributed by atoms with E-state index in [1.807, 2.05) is 36.4 Å². The molecule has 1 aromatic carbocycles. The van der Waals surface area contributed by atoms with Crippen LogP contribution in [0.25, 0.3) is 0 Å². The molecule has 0 amide bonds. The molecule has 1 heterocycles. The lowest BCUT2D eigenvalue weighted by molar-refractivity contribution is 1.32. The van der Waals surface area contributed by atoms with Gasteiger partial charge < -0.3 is 5.32 Å². The van der Waals surface area contributed by atoms with Crippen LogP contribution in [0.15, 0.2) is 48.8 Å². The fourth-order valence-electron chi connectivity index (χ4n) is 1.15. The summed E-state index contributed by atoms with van der Waals surface area (Å²) in [5, 5.41) is 3.91. The molecule has 2 aromatic rings. The molecule has 70 valence electrons. The van der Waals surface area contributed by atoms with E-state index in [-0.39, 0.29) is 0 Å². The summed E-state index contributed by atoms with van der Waals surface area (Å²) in [4.78, 5) is 3.94. The van der Waals surface area contributed by atoms with Gasteiger partial charge in [0.25, 0.3) is 0 Å². The van der Waals surface area contributed by atoms with Crippen molar-refractivity contribution in [3.05, 3.63) is 53.8 Å². The van der Waals surface area contributed by atoms with Crippen LogP contribution in [0.4, 0.5) is 11.4 Å². The molecule has 3 heteroatoms. The maximum Gasteiger partial charge on any atom is 0.0640 e. The monoisotopic (exact) mass is 204 g/mol. The molecule has 1 aromatic heterocycles. The number of benzene rings is 1. The average molecular weight is 205 g/mol. The van der Waals surface area contributed by atoms with Crippen LogP contribution in [0.5, 0.6) is 0 Å². The number of nitrogens with one attached hydrogen (secondary N) is 1. The third-order valence-corrected chi connectivity index (χ3v) is 2.16. The summed E-state index contributed by atoms with van der Waals surface area (Å²) >= 11 is 6.00. The standard InChI is InChI=1S/C11H9ClN2/c12-10-3-1-2-4-11(10)14-9-5-7-13-8-6-9/h1-8H,(H,13,14). The Morgan fingerprint density at radius 1 is 1.00 bits per heavy atom. The number of rotatable bonds is 2. The number of para-hydroxylation sites is 1. The molecule has 0 aliphatic rings. The number of anilines is 2. The Balaban J connectivity index is 2.24. The zero-order valence-electron chi connectivity index (χ0n) is 7.44. The fraction of sp³-hybridized carbons (Fsp3) is 0. The van der Waals surface area contributed by atoms with Crippen molar-refractivity contribution >= 4 is 23.0 Å². The van der Waals surface area contributed by atoms with Gasteiger partial charge in [-0.25, -0.2) is 0 Å². The largest absolute Gasteiger partial charge is 0.354 e. The van der Waals surface area contributed by atoms with Gasteiger partial charge in [0.1, 0.15) is 0 Å². The van der Waals surface area contributed by atoms with Gasteiger partial charge in [-0.05, 0) is 24.3 Å². The Kier molecular flexibility index (Phi) is 2.65. The molecule has 0 bridgehead atoms. The highest BCUT2D eigenvalue weighted by Crippen LogP contribution is 2.23. The topological polar surface area (TPSA) is 24.9 Å². The molecule has 0 saturated heterocycles. The van der Waals surface area contributed by atoms with Crippen molar-refractivity contribution in [1.29, 1.82) is 0 Å². The van der Waals surface area contributed by atoms with Crippen LogP contribution in [0.3, 0.4) is 0 Å². The summed E-state index contributed by atoms with van der Waals surface area (Å²) in [7, 11) is 0. The van der Waals surface area contributed by atoms with Crippen molar-refractivity contribution in [3.63, 3.8) is 0 Å². The summed E-state index contributed by atoms with van der Waals surface area (Å²) in [6.07, 6.45) is 3.47. The van der Waals surface area contributed by atoms with Crippen LogP contribution in [-0.4, -0.2) is 4.98 Å². The van der Waals surface area contributed by atoms with Gasteiger partial charge in [-0.2, -0.15) is 0 Å². The van der Waals surface area contributed by atoms with Gasteiger partial charge in [0.15, 0.2) is 0 Å². The van der Waals surface area contributed by atoms with E-state index >= 15 is 0 Å². The van der Waals surface area contributed by atoms with Gasteiger partial charge in [0.05, 0.1) is 10.7 Å². The Morgan fingerprint density at radius 3 is 2.43 bits per heavy atom. The maximum absolute atomic E-state index is 6.00. The Labute approximate surface area is 87.6 Å². The van der Waals surface area contributed by atoms with Gasteiger partial charge in [-0.3, -0.25) is 4.98 Å². The minimum absolute atomic E-state index is 0.712. The van der Waals surface area contributed by atoms with Crippen molar-refractivity contribution < 1.29 is 0 Å². The zero-order valence-corrected chi connectivity index (χ0v) is 8.20. The Bertz CT molecular complexity index is 415. The molecule has 0 atom stereocenters. The van der Waals surface area contributed by atoms with Crippen LogP contribution < -0.4 is 5.32 Å². The smallest absolute Gasteiger partial charge is 0.0640 e. The second-order valence-corrected chi connectivity index (χ2v) is 3.25. The molecule has 1 N–H and O–H groups in total. The van der Waals surface area contributed by atoms with E-state index in [0.717, 1.165) is 11.4 Å². The highest BCUT2D eigenvalue weighted by Gasteiger charge is 1.97. The highest BCUT2D eigenvalue weighted by atomic mass is 35.5. The quantitative estimate of drug-likeness (QED) is 0.810. The first-order chi connectivity index (χ1) is 6.86. The first-order valence-corrected chi connectivity index (χ1v) is 4.65. The van der Waals surface area contributed by atoms with Gasteiger partial charge in [0.2, 0.25) is 0 Å². The lowest BCUT2D eigenvalue weighted by atomic mass is 10.3. The third-order valence-electron chi connectivity index (χ3n) is 1.83. The van der Waals surface area contributed by atoms with Crippen LogP contribution in [0, 0.1) is 0 Å². The Morgan fingerprint density at radius 2 is 1.71 bits per heavy atom. The summed E-state index contributed by atoms with van der Waals surface area (Å²) < 4.78 is 0. The van der Waals surface area contributed by atoms with Crippen LogP contribution in [-0.2, 0) is 0 Å². The molecule has 0 spiro atoms. The van der Waals surface area contributed by atoms with Crippen molar-refractivity contribution in [3.8, 4) is 0 Å². The summed E-state index contributed by atoms with van der Waals surface area (Å²) in [6, 6.07) is 11.4. The molecular formula is C11H9ClN2. The number of pyridine rings is 1. The van der Waals surface area contributed by atoms with Gasteiger partial charge in [0, 0.05) is 18.1 Å². The molecule has 0 aliphatic carbocycles.